The van der Waals surface area contributed by atoms with E-state index in [1.807, 2.05) is 4.90 Å². The van der Waals surface area contributed by atoms with Crippen molar-refractivity contribution >= 4 is 17.9 Å². The highest BCUT2D eigenvalue weighted by Gasteiger charge is 2.30. The Bertz CT molecular complexity index is 351. The van der Waals surface area contributed by atoms with Crippen molar-refractivity contribution in [3.05, 3.63) is 0 Å². The molecule has 1 aliphatic rings. The average Bonchev–Trinajstić information content (AvgIpc) is 2.45. The molecule has 3 amide bonds. The number of nitrogens with zero attached hydrogens (tertiary/aromatic N) is 1. The van der Waals surface area contributed by atoms with Crippen LogP contribution < -0.4 is 10.6 Å². The summed E-state index contributed by atoms with van der Waals surface area (Å²) in [7, 11) is 2.84. The molecule has 0 bridgehead atoms. The van der Waals surface area contributed by atoms with Crippen LogP contribution in [0, 0.1) is 5.92 Å². The van der Waals surface area contributed by atoms with Crippen molar-refractivity contribution in [1.29, 1.82) is 0 Å². The van der Waals surface area contributed by atoms with Crippen LogP contribution in [-0.4, -0.2) is 56.1 Å². The van der Waals surface area contributed by atoms with E-state index in [4.69, 9.17) is 4.74 Å². The van der Waals surface area contributed by atoms with Crippen molar-refractivity contribution in [1.82, 2.24) is 15.5 Å². The molecule has 1 saturated heterocycles. The maximum atomic E-state index is 11.8. The Morgan fingerprint density at radius 1 is 1.26 bits per heavy atom. The summed E-state index contributed by atoms with van der Waals surface area (Å²) >= 11 is 0. The molecular weight excluding hydrogens is 250 g/mol. The van der Waals surface area contributed by atoms with Gasteiger partial charge in [0.15, 0.2) is 0 Å². The Morgan fingerprint density at radius 3 is 2.32 bits per heavy atom. The number of nitrogens with one attached hydrogen (secondary N) is 2. The standard InChI is InChI=1S/C12H21N3O4/c1-8(10(16)14-12(18)13-2)15-6-4-9(5-7-15)11(17)19-3/h8-9H,4-7H2,1-3H3,(H2,13,14,16,18). The number of amides is 3. The molecule has 7 nitrogen and oxygen atoms in total. The normalized spacial score (nSPS) is 18.5. The molecule has 0 spiro atoms. The number of likely N-dealkylation sites (tertiary alicyclic amines) is 1. The number of methoxy groups -OCH3 is 1. The number of hydrogen-bond acceptors (Lipinski definition) is 5. The molecule has 0 saturated carbocycles. The van der Waals surface area contributed by atoms with Crippen LogP contribution in [0.4, 0.5) is 4.79 Å². The maximum absolute atomic E-state index is 11.8. The lowest BCUT2D eigenvalue weighted by atomic mass is 9.96. The number of esters is 1. The van der Waals surface area contributed by atoms with E-state index in [-0.39, 0.29) is 17.8 Å². The lowest BCUT2D eigenvalue weighted by molar-refractivity contribution is -0.147. The summed E-state index contributed by atoms with van der Waals surface area (Å²) in [5.74, 6) is -0.617. The summed E-state index contributed by atoms with van der Waals surface area (Å²) in [6.45, 7) is 3.03. The lowest BCUT2D eigenvalue weighted by Crippen LogP contribution is -2.51. The molecule has 7 heteroatoms. The Morgan fingerprint density at radius 2 is 1.84 bits per heavy atom. The van der Waals surface area contributed by atoms with Crippen molar-refractivity contribution in [3.63, 3.8) is 0 Å². The number of piperidine rings is 1. The second kappa shape index (κ2) is 7.08. The van der Waals surface area contributed by atoms with Crippen molar-refractivity contribution < 1.29 is 19.1 Å². The van der Waals surface area contributed by atoms with E-state index >= 15 is 0 Å². The number of imide groups is 1. The van der Waals surface area contributed by atoms with Gasteiger partial charge in [0.1, 0.15) is 0 Å². The van der Waals surface area contributed by atoms with Gasteiger partial charge < -0.3 is 10.1 Å². The zero-order valence-electron chi connectivity index (χ0n) is 11.6. The first-order valence-electron chi connectivity index (χ1n) is 6.34. The second-order valence-electron chi connectivity index (χ2n) is 4.58. The SMILES string of the molecule is CNC(=O)NC(=O)C(C)N1CCC(C(=O)OC)CC1. The number of rotatable bonds is 3. The molecule has 19 heavy (non-hydrogen) atoms. The predicted molar refractivity (Wildman–Crippen MR) is 68.4 cm³/mol. The fourth-order valence-corrected chi connectivity index (χ4v) is 2.13. The number of ether oxygens (including phenoxy) is 1. The first kappa shape index (κ1) is 15.4. The second-order valence-corrected chi connectivity index (χ2v) is 4.58. The minimum atomic E-state index is -0.513. The first-order chi connectivity index (χ1) is 8.99. The number of carbonyl (C=O) groups is 3. The highest BCUT2D eigenvalue weighted by atomic mass is 16.5. The highest BCUT2D eigenvalue weighted by Crippen LogP contribution is 2.20. The maximum Gasteiger partial charge on any atom is 0.321 e. The molecular formula is C12H21N3O4. The number of urea groups is 1. The van der Waals surface area contributed by atoms with Crippen molar-refractivity contribution in [3.8, 4) is 0 Å². The van der Waals surface area contributed by atoms with Gasteiger partial charge in [0.25, 0.3) is 0 Å². The molecule has 0 aromatic carbocycles. The smallest absolute Gasteiger partial charge is 0.321 e. The topological polar surface area (TPSA) is 87.7 Å². The molecule has 1 fully saturated rings. The summed E-state index contributed by atoms with van der Waals surface area (Å²) in [4.78, 5) is 36.2. The third kappa shape index (κ3) is 4.20. The van der Waals surface area contributed by atoms with Gasteiger partial charge in [0, 0.05) is 7.05 Å². The van der Waals surface area contributed by atoms with E-state index in [0.717, 1.165) is 0 Å². The van der Waals surface area contributed by atoms with Crippen LogP contribution in [0.2, 0.25) is 0 Å². The first-order valence-corrected chi connectivity index (χ1v) is 6.34. The minimum absolute atomic E-state index is 0.0875. The van der Waals surface area contributed by atoms with Gasteiger partial charge in [-0.1, -0.05) is 0 Å². The van der Waals surface area contributed by atoms with Gasteiger partial charge in [-0.3, -0.25) is 19.8 Å². The largest absolute Gasteiger partial charge is 0.469 e. The Kier molecular flexibility index (Phi) is 5.75. The Balaban J connectivity index is 2.44. The van der Waals surface area contributed by atoms with Crippen LogP contribution in [0.3, 0.4) is 0 Å². The Hall–Kier alpha value is -1.63. The summed E-state index contributed by atoms with van der Waals surface area (Å²) < 4.78 is 4.71. The van der Waals surface area contributed by atoms with Gasteiger partial charge in [0.05, 0.1) is 19.1 Å². The summed E-state index contributed by atoms with van der Waals surface area (Å²) in [6.07, 6.45) is 1.34. The molecule has 1 atom stereocenters. The molecule has 0 aromatic rings. The summed E-state index contributed by atoms with van der Waals surface area (Å²) in [5, 5.41) is 4.58. The summed E-state index contributed by atoms with van der Waals surface area (Å²) in [5.41, 5.74) is 0. The van der Waals surface area contributed by atoms with Crippen LogP contribution in [0.1, 0.15) is 19.8 Å². The van der Waals surface area contributed by atoms with E-state index in [9.17, 15) is 14.4 Å². The molecule has 108 valence electrons. The number of hydrogen-bond donors (Lipinski definition) is 2. The Labute approximate surface area is 112 Å². The summed E-state index contributed by atoms with van der Waals surface area (Å²) in [6, 6.07) is -0.905. The fourth-order valence-electron chi connectivity index (χ4n) is 2.13. The number of carbonyl (C=O) groups excluding carboxylic acids is 3. The van der Waals surface area contributed by atoms with Gasteiger partial charge in [-0.05, 0) is 32.9 Å². The van der Waals surface area contributed by atoms with Crippen molar-refractivity contribution in [2.45, 2.75) is 25.8 Å². The monoisotopic (exact) mass is 271 g/mol. The van der Waals surface area contributed by atoms with Crippen LogP contribution in [-0.2, 0) is 14.3 Å². The van der Waals surface area contributed by atoms with Crippen LogP contribution in [0.15, 0.2) is 0 Å². The molecule has 1 rings (SSSR count). The van der Waals surface area contributed by atoms with Crippen LogP contribution >= 0.6 is 0 Å². The average molecular weight is 271 g/mol. The zero-order valence-corrected chi connectivity index (χ0v) is 11.6. The van der Waals surface area contributed by atoms with Gasteiger partial charge >= 0.3 is 12.0 Å². The van der Waals surface area contributed by atoms with Gasteiger partial charge in [0.2, 0.25) is 5.91 Å². The minimum Gasteiger partial charge on any atom is -0.469 e. The zero-order chi connectivity index (χ0) is 14.4. The lowest BCUT2D eigenvalue weighted by Gasteiger charge is -2.34. The van der Waals surface area contributed by atoms with Crippen LogP contribution in [0.25, 0.3) is 0 Å². The molecule has 2 N–H and O–H groups in total. The molecule has 1 heterocycles. The molecule has 1 aliphatic heterocycles. The third-order valence-electron chi connectivity index (χ3n) is 3.46. The van der Waals surface area contributed by atoms with E-state index in [2.05, 4.69) is 10.6 Å². The van der Waals surface area contributed by atoms with E-state index in [0.29, 0.717) is 25.9 Å². The van der Waals surface area contributed by atoms with Gasteiger partial charge in [-0.25, -0.2) is 4.79 Å². The molecule has 0 aromatic heterocycles. The molecule has 0 radical (unpaired) electrons. The van der Waals surface area contributed by atoms with Gasteiger partial charge in [-0.15, -0.1) is 0 Å². The molecule has 0 aliphatic carbocycles. The van der Waals surface area contributed by atoms with Crippen LogP contribution in [0.5, 0.6) is 0 Å². The molecule has 1 unspecified atom stereocenters. The van der Waals surface area contributed by atoms with Crippen molar-refractivity contribution in [2.24, 2.45) is 5.92 Å². The fraction of sp³-hybridized carbons (Fsp3) is 0.750. The quantitative estimate of drug-likeness (QED) is 0.689. The van der Waals surface area contributed by atoms with E-state index in [1.54, 1.807) is 6.92 Å². The third-order valence-corrected chi connectivity index (χ3v) is 3.46. The highest BCUT2D eigenvalue weighted by molar-refractivity contribution is 5.96. The predicted octanol–water partition coefficient (Wildman–Crippen LogP) is -0.284. The van der Waals surface area contributed by atoms with Crippen molar-refractivity contribution in [2.75, 3.05) is 27.2 Å². The van der Waals surface area contributed by atoms with Gasteiger partial charge in [-0.2, -0.15) is 0 Å². The van der Waals surface area contributed by atoms with E-state index in [1.165, 1.54) is 14.2 Å². The van der Waals surface area contributed by atoms with E-state index < -0.39 is 12.1 Å².